The molecule has 0 bridgehead atoms. The second-order valence-corrected chi connectivity index (χ2v) is 5.76. The number of ether oxygens (including phenoxy) is 2. The summed E-state index contributed by atoms with van der Waals surface area (Å²) in [4.78, 5) is 23.6. The van der Waals surface area contributed by atoms with Crippen LogP contribution in [0.4, 0.5) is 19.3 Å². The molecule has 8 heteroatoms. The summed E-state index contributed by atoms with van der Waals surface area (Å²) < 4.78 is 33.6. The van der Waals surface area contributed by atoms with Crippen LogP contribution >= 0.6 is 0 Å². The monoisotopic (exact) mass is 330 g/mol. The fourth-order valence-electron chi connectivity index (χ4n) is 1.55. The SMILES string of the molecule is CC(NC(=O)OC(C)(C)C)C(=O)Nc1cccc(OC(F)F)c1. The Bertz CT molecular complexity index is 559. The Balaban J connectivity index is 2.60. The second kappa shape index (κ2) is 7.75. The predicted molar refractivity (Wildman–Crippen MR) is 80.5 cm³/mol. The lowest BCUT2D eigenvalue weighted by molar-refractivity contribution is -0.117. The maximum atomic E-state index is 12.2. The lowest BCUT2D eigenvalue weighted by atomic mass is 10.2. The number of anilines is 1. The molecule has 0 aliphatic carbocycles. The van der Waals surface area contributed by atoms with Gasteiger partial charge in [0.15, 0.2) is 0 Å². The average molecular weight is 330 g/mol. The molecule has 128 valence electrons. The highest BCUT2D eigenvalue weighted by atomic mass is 19.3. The third-order valence-electron chi connectivity index (χ3n) is 2.45. The van der Waals surface area contributed by atoms with Crippen molar-refractivity contribution in [3.05, 3.63) is 24.3 Å². The van der Waals surface area contributed by atoms with Crippen molar-refractivity contribution in [3.8, 4) is 5.75 Å². The van der Waals surface area contributed by atoms with Crippen LogP contribution in [0.15, 0.2) is 24.3 Å². The second-order valence-electron chi connectivity index (χ2n) is 5.76. The summed E-state index contributed by atoms with van der Waals surface area (Å²) in [7, 11) is 0. The van der Waals surface area contributed by atoms with Crippen molar-refractivity contribution in [2.24, 2.45) is 0 Å². The number of nitrogens with one attached hydrogen (secondary N) is 2. The lowest BCUT2D eigenvalue weighted by Crippen LogP contribution is -2.43. The van der Waals surface area contributed by atoms with E-state index in [4.69, 9.17) is 4.74 Å². The number of benzene rings is 1. The molecule has 1 rings (SSSR count). The first kappa shape index (κ1) is 18.7. The van der Waals surface area contributed by atoms with E-state index in [9.17, 15) is 18.4 Å². The minimum atomic E-state index is -2.95. The fourth-order valence-corrected chi connectivity index (χ4v) is 1.55. The summed E-state index contributed by atoms with van der Waals surface area (Å²) in [6.45, 7) is 3.62. The molecule has 0 aliphatic heterocycles. The summed E-state index contributed by atoms with van der Waals surface area (Å²) in [6.07, 6.45) is -0.727. The molecule has 2 amide bonds. The van der Waals surface area contributed by atoms with Crippen LogP contribution in [-0.2, 0) is 9.53 Å². The molecule has 1 unspecified atom stereocenters. The Morgan fingerprint density at radius 2 is 1.87 bits per heavy atom. The van der Waals surface area contributed by atoms with E-state index in [1.54, 1.807) is 20.8 Å². The number of halogens is 2. The van der Waals surface area contributed by atoms with Gasteiger partial charge in [0.25, 0.3) is 0 Å². The number of carbonyl (C=O) groups is 2. The number of carbonyl (C=O) groups excluding carboxylic acids is 2. The van der Waals surface area contributed by atoms with Gasteiger partial charge in [-0.15, -0.1) is 0 Å². The molecule has 0 fully saturated rings. The van der Waals surface area contributed by atoms with E-state index in [-0.39, 0.29) is 11.4 Å². The third-order valence-corrected chi connectivity index (χ3v) is 2.45. The van der Waals surface area contributed by atoms with Crippen LogP contribution < -0.4 is 15.4 Å². The smallest absolute Gasteiger partial charge is 0.408 e. The van der Waals surface area contributed by atoms with Crippen molar-refractivity contribution in [2.45, 2.75) is 45.9 Å². The normalized spacial score (nSPS) is 12.5. The van der Waals surface area contributed by atoms with Crippen molar-refractivity contribution >= 4 is 17.7 Å². The first-order valence-electron chi connectivity index (χ1n) is 6.92. The predicted octanol–water partition coefficient (Wildman–Crippen LogP) is 3.14. The van der Waals surface area contributed by atoms with Gasteiger partial charge in [-0.3, -0.25) is 4.79 Å². The zero-order valence-corrected chi connectivity index (χ0v) is 13.4. The van der Waals surface area contributed by atoms with E-state index in [1.807, 2.05) is 0 Å². The van der Waals surface area contributed by atoms with Crippen molar-refractivity contribution < 1.29 is 27.8 Å². The van der Waals surface area contributed by atoms with Gasteiger partial charge in [-0.2, -0.15) is 8.78 Å². The van der Waals surface area contributed by atoms with Crippen molar-refractivity contribution in [2.75, 3.05) is 5.32 Å². The van der Waals surface area contributed by atoms with Gasteiger partial charge in [-0.05, 0) is 39.8 Å². The van der Waals surface area contributed by atoms with E-state index in [1.165, 1.54) is 31.2 Å². The molecular weight excluding hydrogens is 310 g/mol. The fraction of sp³-hybridized carbons (Fsp3) is 0.467. The molecule has 0 saturated carbocycles. The van der Waals surface area contributed by atoms with Crippen LogP contribution in [0, 0.1) is 0 Å². The molecule has 0 spiro atoms. The van der Waals surface area contributed by atoms with Crippen LogP contribution in [0.2, 0.25) is 0 Å². The molecule has 0 heterocycles. The highest BCUT2D eigenvalue weighted by Crippen LogP contribution is 2.19. The first-order valence-corrected chi connectivity index (χ1v) is 6.92. The van der Waals surface area contributed by atoms with Crippen molar-refractivity contribution in [1.82, 2.24) is 5.32 Å². The molecule has 1 atom stereocenters. The molecule has 0 aliphatic rings. The minimum absolute atomic E-state index is 0.0782. The van der Waals surface area contributed by atoms with Gasteiger partial charge < -0.3 is 20.1 Å². The van der Waals surface area contributed by atoms with Crippen LogP contribution in [0.5, 0.6) is 5.75 Å². The Labute approximate surface area is 133 Å². The average Bonchev–Trinajstić information content (AvgIpc) is 2.35. The highest BCUT2D eigenvalue weighted by Gasteiger charge is 2.21. The number of amides is 2. The molecule has 0 saturated heterocycles. The zero-order valence-electron chi connectivity index (χ0n) is 13.4. The molecule has 1 aromatic rings. The summed E-state index contributed by atoms with van der Waals surface area (Å²) in [5.74, 6) is -0.601. The van der Waals surface area contributed by atoms with Gasteiger partial charge in [0, 0.05) is 11.8 Å². The van der Waals surface area contributed by atoms with Crippen molar-refractivity contribution in [1.29, 1.82) is 0 Å². The molecule has 2 N–H and O–H groups in total. The van der Waals surface area contributed by atoms with Gasteiger partial charge in [0.2, 0.25) is 5.91 Å². The summed E-state index contributed by atoms with van der Waals surface area (Å²) in [5.41, 5.74) is -0.410. The highest BCUT2D eigenvalue weighted by molar-refractivity contribution is 5.96. The van der Waals surface area contributed by atoms with Crippen LogP contribution in [0.25, 0.3) is 0 Å². The van der Waals surface area contributed by atoms with E-state index in [0.717, 1.165) is 0 Å². The Morgan fingerprint density at radius 3 is 2.43 bits per heavy atom. The van der Waals surface area contributed by atoms with Gasteiger partial charge >= 0.3 is 12.7 Å². The number of alkyl halides is 2. The zero-order chi connectivity index (χ0) is 17.6. The van der Waals surface area contributed by atoms with Crippen LogP contribution in [0.1, 0.15) is 27.7 Å². The van der Waals surface area contributed by atoms with Crippen LogP contribution in [-0.4, -0.2) is 30.3 Å². The molecule has 6 nitrogen and oxygen atoms in total. The van der Waals surface area contributed by atoms with E-state index >= 15 is 0 Å². The molecule has 23 heavy (non-hydrogen) atoms. The van der Waals surface area contributed by atoms with Gasteiger partial charge in [0.05, 0.1) is 0 Å². The standard InChI is InChI=1S/C15H20F2N2O4/c1-9(18-14(21)23-15(2,3)4)12(20)19-10-6-5-7-11(8-10)22-13(16)17/h5-9,13H,1-4H3,(H,18,21)(H,19,20). The molecule has 1 aromatic carbocycles. The van der Waals surface area contributed by atoms with Gasteiger partial charge in [0.1, 0.15) is 17.4 Å². The van der Waals surface area contributed by atoms with E-state index < -0.39 is 30.3 Å². The van der Waals surface area contributed by atoms with Crippen molar-refractivity contribution in [3.63, 3.8) is 0 Å². The lowest BCUT2D eigenvalue weighted by Gasteiger charge is -2.21. The molecule has 0 radical (unpaired) electrons. The number of rotatable bonds is 5. The van der Waals surface area contributed by atoms with Crippen LogP contribution in [0.3, 0.4) is 0 Å². The van der Waals surface area contributed by atoms with E-state index in [0.29, 0.717) is 0 Å². The minimum Gasteiger partial charge on any atom is -0.444 e. The molecular formula is C15H20F2N2O4. The van der Waals surface area contributed by atoms with Gasteiger partial charge in [-0.25, -0.2) is 4.79 Å². The maximum Gasteiger partial charge on any atom is 0.408 e. The van der Waals surface area contributed by atoms with E-state index in [2.05, 4.69) is 15.4 Å². The van der Waals surface area contributed by atoms with Gasteiger partial charge in [-0.1, -0.05) is 6.07 Å². The quantitative estimate of drug-likeness (QED) is 0.869. The summed E-state index contributed by atoms with van der Waals surface area (Å²) in [5, 5.41) is 4.87. The Kier molecular flexibility index (Phi) is 6.29. The Morgan fingerprint density at radius 1 is 1.22 bits per heavy atom. The largest absolute Gasteiger partial charge is 0.444 e. The topological polar surface area (TPSA) is 76.7 Å². The number of hydrogen-bond acceptors (Lipinski definition) is 4. The summed E-state index contributed by atoms with van der Waals surface area (Å²) >= 11 is 0. The third kappa shape index (κ3) is 7.44. The molecule has 0 aromatic heterocycles. The first-order chi connectivity index (χ1) is 10.6. The maximum absolute atomic E-state index is 12.2. The number of alkyl carbamates (subject to hydrolysis) is 1. The summed E-state index contributed by atoms with van der Waals surface area (Å²) in [6, 6.07) is 4.69. The number of hydrogen-bond donors (Lipinski definition) is 2. The Hall–Kier alpha value is -2.38.